The molecule has 0 atom stereocenters. The lowest BCUT2D eigenvalue weighted by Crippen LogP contribution is -2.12. The number of carbonyl (C=O) groups excluding carboxylic acids is 1. The molecule has 2 aromatic rings. The highest BCUT2D eigenvalue weighted by Gasteiger charge is 2.34. The van der Waals surface area contributed by atoms with Crippen molar-refractivity contribution in [1.29, 1.82) is 0 Å². The van der Waals surface area contributed by atoms with Crippen molar-refractivity contribution in [3.05, 3.63) is 74.7 Å². The van der Waals surface area contributed by atoms with Crippen molar-refractivity contribution in [3.63, 3.8) is 0 Å². The predicted octanol–water partition coefficient (Wildman–Crippen LogP) is 5.61. The predicted molar refractivity (Wildman–Crippen MR) is 89.8 cm³/mol. The van der Waals surface area contributed by atoms with Gasteiger partial charge in [0.25, 0.3) is 0 Å². The van der Waals surface area contributed by atoms with Gasteiger partial charge in [-0.1, -0.05) is 36.8 Å². The van der Waals surface area contributed by atoms with Crippen LogP contribution >= 0.6 is 0 Å². The topological polar surface area (TPSA) is 75.1 Å². The van der Waals surface area contributed by atoms with Gasteiger partial charge in [0, 0.05) is 16.0 Å². The molecule has 0 aromatic heterocycles. The molecule has 2 rings (SSSR count). The van der Waals surface area contributed by atoms with Crippen LogP contribution in [0.15, 0.2) is 41.5 Å². The van der Waals surface area contributed by atoms with E-state index in [9.17, 15) is 18.0 Å². The number of rotatable bonds is 5. The van der Waals surface area contributed by atoms with Crippen molar-refractivity contribution >= 4 is 5.91 Å². The molecule has 0 aliphatic rings. The minimum Gasteiger partial charge on any atom is -0.488 e. The third kappa shape index (κ3) is 4.34. The zero-order chi connectivity index (χ0) is 19.3. The zero-order valence-corrected chi connectivity index (χ0v) is 14.2. The second-order valence-corrected chi connectivity index (χ2v) is 5.58. The van der Waals surface area contributed by atoms with Gasteiger partial charge < -0.3 is 4.74 Å². The van der Waals surface area contributed by atoms with Crippen LogP contribution < -0.4 is 4.74 Å². The van der Waals surface area contributed by atoms with Crippen LogP contribution in [0.1, 0.15) is 39.5 Å². The summed E-state index contributed by atoms with van der Waals surface area (Å²) in [5, 5.41) is 3.06. The van der Waals surface area contributed by atoms with E-state index in [0.29, 0.717) is 17.5 Å². The molecular formula is C18H16F3N3O2. The Balaban J connectivity index is 2.42. The number of hydrogen-bond donors (Lipinski definition) is 0. The van der Waals surface area contributed by atoms with Gasteiger partial charge in [0.2, 0.25) is 5.91 Å². The van der Waals surface area contributed by atoms with Crippen LogP contribution in [0.5, 0.6) is 5.75 Å². The smallest absolute Gasteiger partial charge is 0.419 e. The van der Waals surface area contributed by atoms with Gasteiger partial charge in [-0.2, -0.15) is 13.2 Å². The average Bonchev–Trinajstić information content (AvgIpc) is 2.59. The van der Waals surface area contributed by atoms with Crippen molar-refractivity contribution in [2.45, 2.75) is 33.1 Å². The third-order valence-corrected chi connectivity index (χ3v) is 3.83. The summed E-state index contributed by atoms with van der Waals surface area (Å²) < 4.78 is 45.1. The number of aryl methyl sites for hydroxylation is 2. The largest absolute Gasteiger partial charge is 0.488 e. The lowest BCUT2D eigenvalue weighted by Gasteiger charge is -2.17. The average molecular weight is 363 g/mol. The fourth-order valence-electron chi connectivity index (χ4n) is 2.57. The van der Waals surface area contributed by atoms with E-state index in [1.54, 1.807) is 19.1 Å². The summed E-state index contributed by atoms with van der Waals surface area (Å²) >= 11 is 0. The van der Waals surface area contributed by atoms with Gasteiger partial charge in [0.1, 0.15) is 12.4 Å². The van der Waals surface area contributed by atoms with Crippen LogP contribution in [0.25, 0.3) is 10.4 Å². The van der Waals surface area contributed by atoms with E-state index in [0.717, 1.165) is 11.6 Å². The molecule has 0 aliphatic carbocycles. The number of halogens is 3. The monoisotopic (exact) mass is 363 g/mol. The number of ether oxygens (including phenoxy) is 1. The van der Waals surface area contributed by atoms with E-state index >= 15 is 0 Å². The summed E-state index contributed by atoms with van der Waals surface area (Å²) in [6.45, 7) is 3.15. The van der Waals surface area contributed by atoms with Crippen LogP contribution in [0, 0.1) is 6.92 Å². The van der Waals surface area contributed by atoms with E-state index in [1.807, 2.05) is 6.92 Å². The quantitative estimate of drug-likeness (QED) is 0.393. The number of nitrogens with zero attached hydrogens (tertiary/aromatic N) is 3. The first-order valence-corrected chi connectivity index (χ1v) is 7.78. The highest BCUT2D eigenvalue weighted by atomic mass is 19.4. The molecule has 0 aliphatic heterocycles. The molecule has 26 heavy (non-hydrogen) atoms. The minimum absolute atomic E-state index is 0.114. The molecule has 0 unspecified atom stereocenters. The van der Waals surface area contributed by atoms with Crippen LogP contribution in [-0.4, -0.2) is 5.91 Å². The molecule has 136 valence electrons. The molecule has 8 heteroatoms. The molecule has 0 saturated heterocycles. The first-order valence-electron chi connectivity index (χ1n) is 7.78. The van der Waals surface area contributed by atoms with Crippen LogP contribution in [-0.2, 0) is 19.2 Å². The highest BCUT2D eigenvalue weighted by Crippen LogP contribution is 2.37. The van der Waals surface area contributed by atoms with Crippen molar-refractivity contribution in [2.75, 3.05) is 0 Å². The first-order chi connectivity index (χ1) is 12.3. The molecule has 5 nitrogen and oxygen atoms in total. The number of benzene rings is 2. The fraction of sp³-hybridized carbons (Fsp3) is 0.278. The second-order valence-electron chi connectivity index (χ2n) is 5.58. The summed E-state index contributed by atoms with van der Waals surface area (Å²) in [5.41, 5.74) is 9.28. The molecule has 1 amide bonds. The molecule has 0 N–H and O–H groups in total. The van der Waals surface area contributed by atoms with Crippen molar-refractivity contribution in [2.24, 2.45) is 5.11 Å². The van der Waals surface area contributed by atoms with Crippen molar-refractivity contribution in [3.8, 4) is 5.75 Å². The summed E-state index contributed by atoms with van der Waals surface area (Å²) in [6.07, 6.45) is -4.02. The number of hydrogen-bond acceptors (Lipinski definition) is 2. The molecule has 0 heterocycles. The summed E-state index contributed by atoms with van der Waals surface area (Å²) in [7, 11) is 0. The van der Waals surface area contributed by atoms with E-state index in [-0.39, 0.29) is 17.9 Å². The normalized spacial score (nSPS) is 11.0. The lowest BCUT2D eigenvalue weighted by atomic mass is 9.99. The van der Waals surface area contributed by atoms with Gasteiger partial charge in [0.15, 0.2) is 0 Å². The Labute approximate surface area is 148 Å². The zero-order valence-electron chi connectivity index (χ0n) is 14.2. The minimum atomic E-state index is -4.56. The van der Waals surface area contributed by atoms with E-state index in [1.165, 1.54) is 18.2 Å². The SMILES string of the molecule is CCc1cccc(C(=O)N=[N+]=[N-])c1COc1ccc(C)cc1C(F)(F)F. The van der Waals surface area contributed by atoms with Crippen molar-refractivity contribution < 1.29 is 22.7 Å². The highest BCUT2D eigenvalue weighted by molar-refractivity contribution is 5.96. The third-order valence-electron chi connectivity index (χ3n) is 3.83. The first kappa shape index (κ1) is 19.3. The maximum atomic E-state index is 13.2. The summed E-state index contributed by atoms with van der Waals surface area (Å²) in [4.78, 5) is 14.4. The number of alkyl halides is 3. The van der Waals surface area contributed by atoms with Gasteiger partial charge in [0.05, 0.1) is 5.56 Å². The van der Waals surface area contributed by atoms with Gasteiger partial charge in [-0.15, -0.1) is 0 Å². The number of carbonyl (C=O) groups is 1. The second kappa shape index (κ2) is 7.93. The maximum absolute atomic E-state index is 13.2. The van der Waals surface area contributed by atoms with Crippen LogP contribution in [0.3, 0.4) is 0 Å². The Morgan fingerprint density at radius 3 is 2.62 bits per heavy atom. The Kier molecular flexibility index (Phi) is 5.90. The molecule has 0 fully saturated rings. The molecule has 0 saturated carbocycles. The molecule has 0 spiro atoms. The van der Waals surface area contributed by atoms with Gasteiger partial charge in [-0.05, 0) is 41.7 Å². The Morgan fingerprint density at radius 1 is 1.27 bits per heavy atom. The van der Waals surface area contributed by atoms with Gasteiger partial charge in [-0.3, -0.25) is 4.79 Å². The molecular weight excluding hydrogens is 347 g/mol. The van der Waals surface area contributed by atoms with Gasteiger partial charge in [-0.25, -0.2) is 0 Å². The lowest BCUT2D eigenvalue weighted by molar-refractivity contribution is -0.139. The summed E-state index contributed by atoms with van der Waals surface area (Å²) in [6, 6.07) is 8.59. The van der Waals surface area contributed by atoms with Crippen molar-refractivity contribution in [1.82, 2.24) is 0 Å². The molecule has 2 aromatic carbocycles. The fourth-order valence-corrected chi connectivity index (χ4v) is 2.57. The summed E-state index contributed by atoms with van der Waals surface area (Å²) in [5.74, 6) is -1.13. The van der Waals surface area contributed by atoms with Crippen LogP contribution in [0.4, 0.5) is 13.2 Å². The molecule has 0 radical (unpaired) electrons. The van der Waals surface area contributed by atoms with Gasteiger partial charge >= 0.3 is 6.18 Å². The van der Waals surface area contributed by atoms with E-state index in [2.05, 4.69) is 10.0 Å². The number of amides is 1. The standard InChI is InChI=1S/C18H16F3N3O2/c1-3-12-5-4-6-13(17(25)23-24-22)14(12)10-26-16-8-7-11(2)9-15(16)18(19,20)21/h4-9H,3,10H2,1-2H3. The maximum Gasteiger partial charge on any atom is 0.419 e. The molecule has 0 bridgehead atoms. The Morgan fingerprint density at radius 2 is 2.00 bits per heavy atom. The van der Waals surface area contributed by atoms with Crippen LogP contribution in [0.2, 0.25) is 0 Å². The number of azide groups is 1. The Hall–Kier alpha value is -2.99. The van der Waals surface area contributed by atoms with E-state index < -0.39 is 17.6 Å². The van der Waals surface area contributed by atoms with E-state index in [4.69, 9.17) is 10.3 Å². The Bertz CT molecular complexity index is 872.